The molecule has 1 aromatic heterocycles. The van der Waals surface area contributed by atoms with Gasteiger partial charge < -0.3 is 13.7 Å². The predicted molar refractivity (Wildman–Crippen MR) is 108 cm³/mol. The first kappa shape index (κ1) is 19.9. The molecule has 7 heteroatoms. The molecule has 6 nitrogen and oxygen atoms in total. The van der Waals surface area contributed by atoms with Crippen molar-refractivity contribution < 1.29 is 22.1 Å². The standard InChI is InChI=1S/C21H23NO5S/c1-5-25-18-13-20(19(26-6-2)12-14(18)3)28(23,24)27-17-9-7-8-16-11-10-15(4)22-21(16)17/h7-13H,5-6H2,1-4H3. The van der Waals surface area contributed by atoms with E-state index in [-0.39, 0.29) is 16.4 Å². The molecule has 0 atom stereocenters. The van der Waals surface area contributed by atoms with Crippen LogP contribution in [0.15, 0.2) is 47.4 Å². The molecule has 0 aliphatic carbocycles. The van der Waals surface area contributed by atoms with E-state index < -0.39 is 10.1 Å². The molecule has 0 saturated carbocycles. The smallest absolute Gasteiger partial charge is 0.343 e. The van der Waals surface area contributed by atoms with Gasteiger partial charge in [-0.1, -0.05) is 18.2 Å². The van der Waals surface area contributed by atoms with E-state index in [4.69, 9.17) is 13.7 Å². The summed E-state index contributed by atoms with van der Waals surface area (Å²) < 4.78 is 42.8. The Hall–Kier alpha value is -2.80. The largest absolute Gasteiger partial charge is 0.494 e. The minimum atomic E-state index is -4.17. The van der Waals surface area contributed by atoms with Gasteiger partial charge in [0, 0.05) is 17.1 Å². The van der Waals surface area contributed by atoms with Crippen LogP contribution in [0.25, 0.3) is 10.9 Å². The molecule has 0 aliphatic heterocycles. The lowest BCUT2D eigenvalue weighted by Crippen LogP contribution is -2.13. The Morgan fingerprint density at radius 1 is 0.893 bits per heavy atom. The van der Waals surface area contributed by atoms with Crippen molar-refractivity contribution >= 4 is 21.0 Å². The summed E-state index contributed by atoms with van der Waals surface area (Å²) in [6, 6.07) is 12.0. The highest BCUT2D eigenvalue weighted by molar-refractivity contribution is 7.87. The first-order valence-electron chi connectivity index (χ1n) is 9.06. The highest BCUT2D eigenvalue weighted by Gasteiger charge is 2.25. The van der Waals surface area contributed by atoms with Crippen molar-refractivity contribution in [2.45, 2.75) is 32.6 Å². The zero-order valence-corrected chi connectivity index (χ0v) is 17.2. The molecule has 0 unspecified atom stereocenters. The Balaban J connectivity index is 2.11. The molecule has 0 N–H and O–H groups in total. The monoisotopic (exact) mass is 401 g/mol. The second-order valence-electron chi connectivity index (χ2n) is 6.25. The number of nitrogens with zero attached hydrogens (tertiary/aromatic N) is 1. The normalized spacial score (nSPS) is 11.4. The topological polar surface area (TPSA) is 74.7 Å². The van der Waals surface area contributed by atoms with Gasteiger partial charge in [0.2, 0.25) is 0 Å². The fourth-order valence-corrected chi connectivity index (χ4v) is 3.94. The van der Waals surface area contributed by atoms with Crippen molar-refractivity contribution in [2.24, 2.45) is 0 Å². The van der Waals surface area contributed by atoms with Crippen LogP contribution >= 0.6 is 0 Å². The number of aromatic nitrogens is 1. The molecule has 28 heavy (non-hydrogen) atoms. The molecule has 0 bridgehead atoms. The third kappa shape index (κ3) is 4.04. The number of fused-ring (bicyclic) bond motifs is 1. The molecule has 0 saturated heterocycles. The van der Waals surface area contributed by atoms with E-state index in [1.54, 1.807) is 25.1 Å². The Labute approximate surface area is 165 Å². The molecule has 1 heterocycles. The zero-order chi connectivity index (χ0) is 20.3. The second-order valence-corrected chi connectivity index (χ2v) is 7.76. The highest BCUT2D eigenvalue weighted by Crippen LogP contribution is 2.35. The molecule has 148 valence electrons. The quantitative estimate of drug-likeness (QED) is 0.546. The minimum absolute atomic E-state index is 0.0759. The summed E-state index contributed by atoms with van der Waals surface area (Å²) in [4.78, 5) is 4.35. The Kier molecular flexibility index (Phi) is 5.74. The number of rotatable bonds is 7. The van der Waals surface area contributed by atoms with Gasteiger partial charge in [-0.2, -0.15) is 8.42 Å². The summed E-state index contributed by atoms with van der Waals surface area (Å²) in [5, 5.41) is 0.794. The van der Waals surface area contributed by atoms with Gasteiger partial charge in [-0.05, 0) is 51.5 Å². The van der Waals surface area contributed by atoms with E-state index in [2.05, 4.69) is 4.98 Å². The van der Waals surface area contributed by atoms with Crippen molar-refractivity contribution in [1.82, 2.24) is 4.98 Å². The summed E-state index contributed by atoms with van der Waals surface area (Å²) in [6.07, 6.45) is 0. The summed E-state index contributed by atoms with van der Waals surface area (Å²) in [6.45, 7) is 8.05. The van der Waals surface area contributed by atoms with Crippen LogP contribution < -0.4 is 13.7 Å². The van der Waals surface area contributed by atoms with Crippen LogP contribution in [0, 0.1) is 13.8 Å². The molecular weight excluding hydrogens is 378 g/mol. The van der Waals surface area contributed by atoms with Gasteiger partial charge in [-0.3, -0.25) is 0 Å². The Bertz CT molecular complexity index is 1110. The summed E-state index contributed by atoms with van der Waals surface area (Å²) >= 11 is 0. The van der Waals surface area contributed by atoms with Gasteiger partial charge in [-0.15, -0.1) is 0 Å². The van der Waals surface area contributed by atoms with E-state index >= 15 is 0 Å². The van der Waals surface area contributed by atoms with Gasteiger partial charge in [0.1, 0.15) is 17.0 Å². The average molecular weight is 401 g/mol. The summed E-state index contributed by atoms with van der Waals surface area (Å²) in [7, 11) is -4.17. The van der Waals surface area contributed by atoms with Crippen molar-refractivity contribution in [3.8, 4) is 17.2 Å². The molecule has 0 spiro atoms. The minimum Gasteiger partial charge on any atom is -0.494 e. The first-order valence-corrected chi connectivity index (χ1v) is 10.5. The van der Waals surface area contributed by atoms with Gasteiger partial charge in [0.15, 0.2) is 10.6 Å². The number of hydrogen-bond acceptors (Lipinski definition) is 6. The highest BCUT2D eigenvalue weighted by atomic mass is 32.2. The third-order valence-electron chi connectivity index (χ3n) is 4.13. The van der Waals surface area contributed by atoms with Crippen LogP contribution in [0.3, 0.4) is 0 Å². The van der Waals surface area contributed by atoms with Gasteiger partial charge in [-0.25, -0.2) is 4.98 Å². The van der Waals surface area contributed by atoms with Crippen LogP contribution in [0.5, 0.6) is 17.2 Å². The summed E-state index contributed by atoms with van der Waals surface area (Å²) in [5.41, 5.74) is 2.04. The van der Waals surface area contributed by atoms with E-state index in [0.717, 1.165) is 16.6 Å². The zero-order valence-electron chi connectivity index (χ0n) is 16.4. The molecule has 2 aromatic carbocycles. The fraction of sp³-hybridized carbons (Fsp3) is 0.286. The first-order chi connectivity index (χ1) is 13.4. The van der Waals surface area contributed by atoms with Crippen LogP contribution in [0.1, 0.15) is 25.1 Å². The van der Waals surface area contributed by atoms with Gasteiger partial charge in [0.25, 0.3) is 0 Å². The third-order valence-corrected chi connectivity index (χ3v) is 5.39. The predicted octanol–water partition coefficient (Wildman–Crippen LogP) is 4.42. The SMILES string of the molecule is CCOc1cc(S(=O)(=O)Oc2cccc3ccc(C)nc23)c(OCC)cc1C. The lowest BCUT2D eigenvalue weighted by Gasteiger charge is -2.16. The molecular formula is C21H23NO5S. The number of aryl methyl sites for hydroxylation is 2. The van der Waals surface area contributed by atoms with Gasteiger partial charge in [0.05, 0.1) is 13.2 Å². The number of hydrogen-bond donors (Lipinski definition) is 0. The van der Waals surface area contributed by atoms with E-state index in [9.17, 15) is 8.42 Å². The van der Waals surface area contributed by atoms with Crippen molar-refractivity contribution in [1.29, 1.82) is 0 Å². The molecule has 0 fully saturated rings. The van der Waals surface area contributed by atoms with Crippen molar-refractivity contribution in [3.63, 3.8) is 0 Å². The number of para-hydroxylation sites is 1. The second kappa shape index (κ2) is 8.06. The Morgan fingerprint density at radius 3 is 2.32 bits per heavy atom. The number of pyridine rings is 1. The number of benzene rings is 2. The van der Waals surface area contributed by atoms with Crippen LogP contribution in [-0.4, -0.2) is 26.6 Å². The molecule has 0 amide bonds. The van der Waals surface area contributed by atoms with Crippen LogP contribution in [0.4, 0.5) is 0 Å². The summed E-state index contributed by atoms with van der Waals surface area (Å²) in [5.74, 6) is 0.870. The van der Waals surface area contributed by atoms with Gasteiger partial charge >= 0.3 is 10.1 Å². The lowest BCUT2D eigenvalue weighted by atomic mass is 10.2. The molecule has 0 aliphatic rings. The van der Waals surface area contributed by atoms with Crippen LogP contribution in [-0.2, 0) is 10.1 Å². The Morgan fingerprint density at radius 2 is 1.61 bits per heavy atom. The molecule has 3 rings (SSSR count). The number of ether oxygens (including phenoxy) is 2. The fourth-order valence-electron chi connectivity index (χ4n) is 2.87. The average Bonchev–Trinajstić information content (AvgIpc) is 2.64. The lowest BCUT2D eigenvalue weighted by molar-refractivity contribution is 0.319. The maximum atomic E-state index is 13.1. The molecule has 3 aromatic rings. The maximum Gasteiger partial charge on any atom is 0.343 e. The van der Waals surface area contributed by atoms with Crippen LogP contribution in [0.2, 0.25) is 0 Å². The van der Waals surface area contributed by atoms with E-state index in [0.29, 0.717) is 24.5 Å². The molecule has 0 radical (unpaired) electrons. The van der Waals surface area contributed by atoms with E-state index in [1.165, 1.54) is 6.07 Å². The van der Waals surface area contributed by atoms with Crippen molar-refractivity contribution in [3.05, 3.63) is 53.7 Å². The maximum absolute atomic E-state index is 13.1. The van der Waals surface area contributed by atoms with Crippen molar-refractivity contribution in [2.75, 3.05) is 13.2 Å². The van der Waals surface area contributed by atoms with E-state index in [1.807, 2.05) is 39.0 Å².